The minimum atomic E-state index is -0.317. The van der Waals surface area contributed by atoms with Crippen molar-refractivity contribution in [2.45, 2.75) is 34.2 Å². The summed E-state index contributed by atoms with van der Waals surface area (Å²) in [6, 6.07) is 14.5. The van der Waals surface area contributed by atoms with Gasteiger partial charge in [0, 0.05) is 39.7 Å². The van der Waals surface area contributed by atoms with E-state index in [2.05, 4.69) is 16.0 Å². The molecular weight excluding hydrogens is 377 g/mol. The van der Waals surface area contributed by atoms with E-state index in [-0.39, 0.29) is 11.7 Å². The molecule has 30 heavy (non-hydrogen) atoms. The van der Waals surface area contributed by atoms with Crippen molar-refractivity contribution >= 4 is 22.5 Å². The number of anilines is 1. The number of aromatic nitrogens is 2. The van der Waals surface area contributed by atoms with E-state index in [1.807, 2.05) is 52.0 Å². The van der Waals surface area contributed by atoms with Crippen LogP contribution in [0.3, 0.4) is 0 Å². The van der Waals surface area contributed by atoms with Crippen LogP contribution >= 0.6 is 0 Å². The highest BCUT2D eigenvalue weighted by atomic mass is 19.1. The number of carbonyl (C=O) groups is 1. The van der Waals surface area contributed by atoms with Gasteiger partial charge in [-0.15, -0.1) is 0 Å². The van der Waals surface area contributed by atoms with Gasteiger partial charge in [-0.1, -0.05) is 12.1 Å². The SMILES string of the molecule is Cc1cc(C(=O)N(Cc2cccc3[nH]c(C)cc23)c2ccc(F)cc2C)c(C)cn1. The van der Waals surface area contributed by atoms with Gasteiger partial charge >= 0.3 is 0 Å². The number of fused-ring (bicyclic) bond motifs is 1. The Hall–Kier alpha value is -3.47. The second-order valence-electron chi connectivity index (χ2n) is 7.79. The van der Waals surface area contributed by atoms with Crippen LogP contribution in [0.25, 0.3) is 10.9 Å². The molecule has 2 aromatic carbocycles. The lowest BCUT2D eigenvalue weighted by atomic mass is 10.0. The summed E-state index contributed by atoms with van der Waals surface area (Å²) in [6.45, 7) is 7.96. The Morgan fingerprint density at radius 3 is 2.60 bits per heavy atom. The molecule has 1 N–H and O–H groups in total. The van der Waals surface area contributed by atoms with Gasteiger partial charge in [0.1, 0.15) is 5.82 Å². The molecule has 4 aromatic rings. The quantitative estimate of drug-likeness (QED) is 0.471. The molecule has 0 bridgehead atoms. The van der Waals surface area contributed by atoms with Crippen LogP contribution in [0.5, 0.6) is 0 Å². The number of nitrogens with one attached hydrogen (secondary N) is 1. The van der Waals surface area contributed by atoms with E-state index in [4.69, 9.17) is 0 Å². The van der Waals surface area contributed by atoms with Gasteiger partial charge < -0.3 is 9.88 Å². The molecule has 0 unspecified atom stereocenters. The number of amides is 1. The summed E-state index contributed by atoms with van der Waals surface area (Å²) in [4.78, 5) is 23.1. The second-order valence-corrected chi connectivity index (χ2v) is 7.79. The average molecular weight is 401 g/mol. The Bertz CT molecular complexity index is 1260. The predicted molar refractivity (Wildman–Crippen MR) is 118 cm³/mol. The Labute approximate surface area is 175 Å². The second kappa shape index (κ2) is 7.75. The van der Waals surface area contributed by atoms with E-state index in [1.54, 1.807) is 17.2 Å². The van der Waals surface area contributed by atoms with Crippen LogP contribution in [0.4, 0.5) is 10.1 Å². The third kappa shape index (κ3) is 3.71. The smallest absolute Gasteiger partial charge is 0.258 e. The third-order valence-corrected chi connectivity index (χ3v) is 5.38. The zero-order valence-electron chi connectivity index (χ0n) is 17.6. The maximum Gasteiger partial charge on any atom is 0.258 e. The van der Waals surface area contributed by atoms with Gasteiger partial charge in [0.05, 0.1) is 6.54 Å². The molecule has 4 nitrogen and oxygen atoms in total. The van der Waals surface area contributed by atoms with Gasteiger partial charge in [-0.2, -0.15) is 0 Å². The molecule has 0 spiro atoms. The van der Waals surface area contributed by atoms with E-state index >= 15 is 0 Å². The van der Waals surface area contributed by atoms with Crippen LogP contribution in [0.2, 0.25) is 0 Å². The van der Waals surface area contributed by atoms with Crippen LogP contribution in [0.15, 0.2) is 54.7 Å². The van der Waals surface area contributed by atoms with Crippen molar-refractivity contribution in [2.75, 3.05) is 4.90 Å². The van der Waals surface area contributed by atoms with Crippen LogP contribution in [-0.2, 0) is 6.54 Å². The number of carbonyl (C=O) groups excluding carboxylic acids is 1. The number of aromatic amines is 1. The standard InChI is InChI=1S/C25H24FN3O/c1-15-10-20(26)8-9-24(15)29(25(30)21-11-17(3)27-13-16(21)2)14-19-6-5-7-23-22(19)12-18(4)28-23/h5-13,28H,14H2,1-4H3. The molecule has 0 radical (unpaired) electrons. The van der Waals surface area contributed by atoms with Gasteiger partial charge in [0.2, 0.25) is 0 Å². The highest BCUT2D eigenvalue weighted by molar-refractivity contribution is 6.07. The molecule has 5 heteroatoms. The number of pyridine rings is 1. The summed E-state index contributed by atoms with van der Waals surface area (Å²) >= 11 is 0. The zero-order chi connectivity index (χ0) is 21.4. The van der Waals surface area contributed by atoms with E-state index in [0.717, 1.165) is 33.4 Å². The molecule has 0 fully saturated rings. The third-order valence-electron chi connectivity index (χ3n) is 5.38. The van der Waals surface area contributed by atoms with Crippen molar-refractivity contribution in [3.63, 3.8) is 0 Å². The van der Waals surface area contributed by atoms with E-state index in [1.165, 1.54) is 12.1 Å². The number of rotatable bonds is 4. The van der Waals surface area contributed by atoms with Crippen LogP contribution < -0.4 is 4.90 Å². The minimum absolute atomic E-state index is 0.128. The lowest BCUT2D eigenvalue weighted by Crippen LogP contribution is -2.32. The number of H-pyrrole nitrogens is 1. The van der Waals surface area contributed by atoms with Crippen molar-refractivity contribution in [3.05, 3.63) is 94.2 Å². The molecule has 0 saturated heterocycles. The van der Waals surface area contributed by atoms with E-state index < -0.39 is 0 Å². The number of aryl methyl sites for hydroxylation is 4. The molecule has 4 rings (SSSR count). The Morgan fingerprint density at radius 2 is 1.83 bits per heavy atom. The summed E-state index contributed by atoms with van der Waals surface area (Å²) in [5.74, 6) is -0.445. The fourth-order valence-electron chi connectivity index (χ4n) is 3.86. The maximum absolute atomic E-state index is 13.8. The molecule has 2 heterocycles. The Morgan fingerprint density at radius 1 is 1.03 bits per heavy atom. The molecule has 1 amide bonds. The van der Waals surface area contributed by atoms with Crippen molar-refractivity contribution < 1.29 is 9.18 Å². The molecule has 0 atom stereocenters. The first-order chi connectivity index (χ1) is 14.3. The Kier molecular flexibility index (Phi) is 5.12. The van der Waals surface area contributed by atoms with Crippen LogP contribution in [0, 0.1) is 33.5 Å². The molecular formula is C25H24FN3O. The zero-order valence-corrected chi connectivity index (χ0v) is 17.6. The molecule has 2 aromatic heterocycles. The van der Waals surface area contributed by atoms with Crippen LogP contribution in [-0.4, -0.2) is 15.9 Å². The van der Waals surface area contributed by atoms with Gasteiger partial charge in [-0.3, -0.25) is 9.78 Å². The predicted octanol–water partition coefficient (Wildman–Crippen LogP) is 5.78. The summed E-state index contributed by atoms with van der Waals surface area (Å²) < 4.78 is 13.8. The number of hydrogen-bond donors (Lipinski definition) is 1. The average Bonchev–Trinajstić information content (AvgIpc) is 3.09. The molecule has 0 aliphatic rings. The number of nitrogens with zero attached hydrogens (tertiary/aromatic N) is 2. The lowest BCUT2D eigenvalue weighted by molar-refractivity contribution is 0.0984. The molecule has 0 saturated carbocycles. The molecule has 0 aliphatic carbocycles. The van der Waals surface area contributed by atoms with Gasteiger partial charge in [0.25, 0.3) is 5.91 Å². The lowest BCUT2D eigenvalue weighted by Gasteiger charge is -2.26. The van der Waals surface area contributed by atoms with Gasteiger partial charge in [-0.25, -0.2) is 4.39 Å². The van der Waals surface area contributed by atoms with Crippen molar-refractivity contribution in [2.24, 2.45) is 0 Å². The number of benzene rings is 2. The maximum atomic E-state index is 13.8. The van der Waals surface area contributed by atoms with E-state index in [9.17, 15) is 9.18 Å². The van der Waals surface area contributed by atoms with Gasteiger partial charge in [-0.05, 0) is 80.8 Å². The van der Waals surface area contributed by atoms with Crippen LogP contribution in [0.1, 0.15) is 38.4 Å². The summed E-state index contributed by atoms with van der Waals surface area (Å²) in [5.41, 5.74) is 6.72. The highest BCUT2D eigenvalue weighted by Gasteiger charge is 2.23. The van der Waals surface area contributed by atoms with E-state index in [0.29, 0.717) is 23.4 Å². The number of hydrogen-bond acceptors (Lipinski definition) is 2. The van der Waals surface area contributed by atoms with Gasteiger partial charge in [0.15, 0.2) is 0 Å². The summed E-state index contributed by atoms with van der Waals surface area (Å²) in [6.07, 6.45) is 1.72. The fraction of sp³-hybridized carbons (Fsp3) is 0.200. The van der Waals surface area contributed by atoms with Crippen molar-refractivity contribution in [1.29, 1.82) is 0 Å². The van der Waals surface area contributed by atoms with Crippen molar-refractivity contribution in [3.8, 4) is 0 Å². The molecule has 0 aliphatic heterocycles. The largest absolute Gasteiger partial charge is 0.359 e. The van der Waals surface area contributed by atoms with Crippen molar-refractivity contribution in [1.82, 2.24) is 9.97 Å². The Balaban J connectivity index is 1.85. The highest BCUT2D eigenvalue weighted by Crippen LogP contribution is 2.28. The summed E-state index contributed by atoms with van der Waals surface area (Å²) in [7, 11) is 0. The molecule has 152 valence electrons. The monoisotopic (exact) mass is 401 g/mol. The topological polar surface area (TPSA) is 49.0 Å². The summed E-state index contributed by atoms with van der Waals surface area (Å²) in [5, 5.41) is 1.08. The number of halogens is 1. The first-order valence-electron chi connectivity index (χ1n) is 9.92. The first kappa shape index (κ1) is 19.8. The first-order valence-corrected chi connectivity index (χ1v) is 9.92. The minimum Gasteiger partial charge on any atom is -0.359 e. The fourth-order valence-corrected chi connectivity index (χ4v) is 3.86. The normalized spacial score (nSPS) is 11.1.